The standard InChI is InChI=1S/C28H33N5O6/c1-36-13-22(34)32-17-5-7-18(8-6-17)33-28(35)19-11-29-26-24(19)30-14-31-25(26)23-20(37-12-16-3-2-4-16)9-10-21-27(23)39-15-38-21/h9-11,14,16-18,29H,2-8,12-13,15H2,1H3,(H,32,34)(H,33,35). The van der Waals surface area contributed by atoms with Gasteiger partial charge in [-0.15, -0.1) is 0 Å². The van der Waals surface area contributed by atoms with Gasteiger partial charge in [0.1, 0.15) is 29.9 Å². The van der Waals surface area contributed by atoms with E-state index in [4.69, 9.17) is 18.9 Å². The second kappa shape index (κ2) is 11.1. The van der Waals surface area contributed by atoms with Gasteiger partial charge in [-0.1, -0.05) is 6.42 Å². The Balaban J connectivity index is 1.21. The van der Waals surface area contributed by atoms with Gasteiger partial charge in [0, 0.05) is 25.4 Å². The molecule has 0 radical (unpaired) electrons. The molecule has 0 bridgehead atoms. The maximum Gasteiger partial charge on any atom is 0.255 e. The molecule has 2 aromatic heterocycles. The molecule has 2 fully saturated rings. The lowest BCUT2D eigenvalue weighted by Crippen LogP contribution is -2.44. The number of benzene rings is 1. The number of rotatable bonds is 9. The molecule has 3 aliphatic rings. The van der Waals surface area contributed by atoms with Crippen LogP contribution in [-0.4, -0.2) is 66.0 Å². The zero-order chi connectivity index (χ0) is 26.8. The first kappa shape index (κ1) is 25.4. The van der Waals surface area contributed by atoms with Crippen molar-refractivity contribution in [3.8, 4) is 28.5 Å². The Hall–Kier alpha value is -3.86. The van der Waals surface area contributed by atoms with Gasteiger partial charge < -0.3 is 34.6 Å². The Labute approximate surface area is 226 Å². The van der Waals surface area contributed by atoms with Gasteiger partial charge in [0.2, 0.25) is 12.7 Å². The third-order valence-electron chi connectivity index (χ3n) is 7.85. The van der Waals surface area contributed by atoms with Crippen molar-refractivity contribution in [2.24, 2.45) is 5.92 Å². The highest BCUT2D eigenvalue weighted by molar-refractivity contribution is 6.08. The summed E-state index contributed by atoms with van der Waals surface area (Å²) in [6, 6.07) is 3.86. The van der Waals surface area contributed by atoms with Crippen LogP contribution >= 0.6 is 0 Å². The fourth-order valence-corrected chi connectivity index (χ4v) is 5.51. The number of nitrogens with one attached hydrogen (secondary N) is 3. The minimum atomic E-state index is -0.197. The number of hydrogen-bond acceptors (Lipinski definition) is 8. The number of fused-ring (bicyclic) bond motifs is 2. The molecule has 6 rings (SSSR count). The molecular formula is C28H33N5O6. The van der Waals surface area contributed by atoms with E-state index in [2.05, 4.69) is 25.6 Å². The third-order valence-corrected chi connectivity index (χ3v) is 7.85. The van der Waals surface area contributed by atoms with Crippen LogP contribution in [0.3, 0.4) is 0 Å². The molecule has 11 nitrogen and oxygen atoms in total. The molecule has 0 unspecified atom stereocenters. The number of H-pyrrole nitrogens is 1. The Morgan fingerprint density at radius 3 is 2.59 bits per heavy atom. The second-order valence-electron chi connectivity index (χ2n) is 10.5. The number of carbonyl (C=O) groups is 2. The van der Waals surface area contributed by atoms with Crippen molar-refractivity contribution >= 4 is 22.8 Å². The number of ether oxygens (including phenoxy) is 4. The monoisotopic (exact) mass is 535 g/mol. The summed E-state index contributed by atoms with van der Waals surface area (Å²) in [5, 5.41) is 6.13. The quantitative estimate of drug-likeness (QED) is 0.380. The van der Waals surface area contributed by atoms with E-state index in [1.807, 2.05) is 12.1 Å². The largest absolute Gasteiger partial charge is 0.492 e. The Bertz CT molecular complexity index is 1360. The Kier molecular flexibility index (Phi) is 7.23. The van der Waals surface area contributed by atoms with E-state index in [1.54, 1.807) is 6.20 Å². The first-order valence-electron chi connectivity index (χ1n) is 13.6. The third kappa shape index (κ3) is 5.23. The molecule has 3 N–H and O–H groups in total. The van der Waals surface area contributed by atoms with Gasteiger partial charge in [-0.2, -0.15) is 0 Å². The lowest BCUT2D eigenvalue weighted by Gasteiger charge is -2.29. The molecule has 2 aliphatic carbocycles. The van der Waals surface area contributed by atoms with Crippen LogP contribution in [0.4, 0.5) is 0 Å². The summed E-state index contributed by atoms with van der Waals surface area (Å²) in [6.07, 6.45) is 9.88. The molecule has 1 aromatic carbocycles. The molecule has 1 aliphatic heterocycles. The lowest BCUT2D eigenvalue weighted by atomic mass is 9.86. The van der Waals surface area contributed by atoms with Gasteiger partial charge >= 0.3 is 0 Å². The number of methoxy groups -OCH3 is 1. The minimum Gasteiger partial charge on any atom is -0.492 e. The highest BCUT2D eigenvalue weighted by atomic mass is 16.7. The molecule has 3 heterocycles. The van der Waals surface area contributed by atoms with Gasteiger partial charge in [-0.25, -0.2) is 9.97 Å². The molecule has 206 valence electrons. The summed E-state index contributed by atoms with van der Waals surface area (Å²) in [7, 11) is 1.50. The van der Waals surface area contributed by atoms with Gasteiger partial charge in [0.05, 0.1) is 23.3 Å². The molecular weight excluding hydrogens is 502 g/mol. The van der Waals surface area contributed by atoms with Crippen molar-refractivity contribution in [2.75, 3.05) is 27.1 Å². The van der Waals surface area contributed by atoms with Crippen molar-refractivity contribution < 1.29 is 28.5 Å². The molecule has 39 heavy (non-hydrogen) atoms. The lowest BCUT2D eigenvalue weighted by molar-refractivity contribution is -0.125. The van der Waals surface area contributed by atoms with E-state index in [0.717, 1.165) is 25.7 Å². The highest BCUT2D eigenvalue weighted by Crippen LogP contribution is 2.48. The van der Waals surface area contributed by atoms with Crippen LogP contribution in [-0.2, 0) is 9.53 Å². The van der Waals surface area contributed by atoms with E-state index in [-0.39, 0.29) is 37.3 Å². The second-order valence-corrected chi connectivity index (χ2v) is 10.5. The zero-order valence-corrected chi connectivity index (χ0v) is 22.0. The van der Waals surface area contributed by atoms with Crippen LogP contribution in [0.2, 0.25) is 0 Å². The molecule has 3 aromatic rings. The fraction of sp³-hybridized carbons (Fsp3) is 0.500. The zero-order valence-electron chi connectivity index (χ0n) is 22.0. The maximum atomic E-state index is 13.3. The molecule has 0 saturated heterocycles. The normalized spacial score (nSPS) is 20.4. The molecule has 2 amide bonds. The van der Waals surface area contributed by atoms with E-state index in [0.29, 0.717) is 57.6 Å². The number of nitrogens with zero attached hydrogens (tertiary/aromatic N) is 2. The summed E-state index contributed by atoms with van der Waals surface area (Å²) < 4.78 is 22.6. The van der Waals surface area contributed by atoms with Crippen molar-refractivity contribution in [2.45, 2.75) is 57.0 Å². The van der Waals surface area contributed by atoms with E-state index in [1.165, 1.54) is 32.7 Å². The smallest absolute Gasteiger partial charge is 0.255 e. The average molecular weight is 536 g/mol. The first-order valence-corrected chi connectivity index (χ1v) is 13.6. The average Bonchev–Trinajstić information content (AvgIpc) is 3.56. The van der Waals surface area contributed by atoms with E-state index < -0.39 is 0 Å². The van der Waals surface area contributed by atoms with Gasteiger partial charge in [-0.05, 0) is 56.6 Å². The topological polar surface area (TPSA) is 137 Å². The minimum absolute atomic E-state index is 0.0220. The SMILES string of the molecule is COCC(=O)NC1CCC(NC(=O)c2c[nH]c3c(-c4c(OCC5CCC5)ccc5c4OCO5)ncnc23)CC1. The Morgan fingerprint density at radius 2 is 1.85 bits per heavy atom. The van der Waals surface area contributed by atoms with E-state index >= 15 is 0 Å². The number of carbonyl (C=O) groups excluding carboxylic acids is 2. The first-order chi connectivity index (χ1) is 19.1. The molecule has 0 spiro atoms. The van der Waals surface area contributed by atoms with Crippen molar-refractivity contribution in [1.82, 2.24) is 25.6 Å². The van der Waals surface area contributed by atoms with Gasteiger partial charge in [-0.3, -0.25) is 9.59 Å². The van der Waals surface area contributed by atoms with Crippen molar-refractivity contribution in [1.29, 1.82) is 0 Å². The highest BCUT2D eigenvalue weighted by Gasteiger charge is 2.29. The number of aromatic nitrogens is 3. The number of hydrogen-bond donors (Lipinski definition) is 3. The van der Waals surface area contributed by atoms with E-state index in [9.17, 15) is 9.59 Å². The van der Waals surface area contributed by atoms with Crippen LogP contribution in [0, 0.1) is 5.92 Å². The number of aromatic amines is 1. The van der Waals surface area contributed by atoms with Gasteiger partial charge in [0.15, 0.2) is 11.5 Å². The number of amides is 2. The predicted molar refractivity (Wildman–Crippen MR) is 142 cm³/mol. The fourth-order valence-electron chi connectivity index (χ4n) is 5.51. The summed E-state index contributed by atoms with van der Waals surface area (Å²) in [4.78, 5) is 37.4. The molecule has 0 atom stereocenters. The Morgan fingerprint density at radius 1 is 1.05 bits per heavy atom. The summed E-state index contributed by atoms with van der Waals surface area (Å²) in [6.45, 7) is 0.817. The maximum absolute atomic E-state index is 13.3. The van der Waals surface area contributed by atoms with Crippen LogP contribution in [0.15, 0.2) is 24.7 Å². The van der Waals surface area contributed by atoms with Crippen LogP contribution in [0.1, 0.15) is 55.3 Å². The van der Waals surface area contributed by atoms with Crippen LogP contribution in [0.25, 0.3) is 22.3 Å². The summed E-state index contributed by atoms with van der Waals surface area (Å²) in [5.41, 5.74) is 2.90. The van der Waals surface area contributed by atoms with Crippen molar-refractivity contribution in [3.05, 3.63) is 30.2 Å². The molecule has 2 saturated carbocycles. The summed E-state index contributed by atoms with van der Waals surface area (Å²) >= 11 is 0. The molecule has 11 heteroatoms. The van der Waals surface area contributed by atoms with Crippen molar-refractivity contribution in [3.63, 3.8) is 0 Å². The van der Waals surface area contributed by atoms with Crippen LogP contribution in [0.5, 0.6) is 17.2 Å². The van der Waals surface area contributed by atoms with Gasteiger partial charge in [0.25, 0.3) is 5.91 Å². The van der Waals surface area contributed by atoms with Crippen LogP contribution < -0.4 is 24.8 Å². The predicted octanol–water partition coefficient (Wildman–Crippen LogP) is 3.34. The summed E-state index contributed by atoms with van der Waals surface area (Å²) in [5.74, 6) is 2.13.